The van der Waals surface area contributed by atoms with Crippen LogP contribution in [0.1, 0.15) is 37.8 Å². The molecule has 0 aromatic heterocycles. The molecule has 0 unspecified atom stereocenters. The first-order valence-corrected chi connectivity index (χ1v) is 11.5. The van der Waals surface area contributed by atoms with E-state index >= 15 is 0 Å². The van der Waals surface area contributed by atoms with Gasteiger partial charge in [-0.3, -0.25) is 14.4 Å². The monoisotopic (exact) mass is 442 g/mol. The number of fused-ring (bicyclic) bond motifs is 1. The quantitative estimate of drug-likeness (QED) is 0.477. The molecule has 1 aromatic carbocycles. The van der Waals surface area contributed by atoms with Crippen molar-refractivity contribution in [1.82, 2.24) is 4.90 Å². The van der Waals surface area contributed by atoms with Gasteiger partial charge in [0.25, 0.3) is 0 Å². The molecule has 1 fully saturated rings. The average molecular weight is 443 g/mol. The molecule has 5 atom stereocenters. The SMILES string of the molecule is CCOC(=O)[C@H]1[C@@H]2C(=O)N(CCCO)[C@H](C(=O)Nc3cc(C)ccc3C)[C@H]2C=C[C@H]1CC. The minimum absolute atomic E-state index is 0.0842. The second kappa shape index (κ2) is 10.3. The molecular weight excluding hydrogens is 408 g/mol. The van der Waals surface area contributed by atoms with Crippen LogP contribution in [0.3, 0.4) is 0 Å². The van der Waals surface area contributed by atoms with Crippen molar-refractivity contribution in [3.8, 4) is 0 Å². The van der Waals surface area contributed by atoms with Gasteiger partial charge >= 0.3 is 5.97 Å². The summed E-state index contributed by atoms with van der Waals surface area (Å²) in [6.45, 7) is 8.02. The van der Waals surface area contributed by atoms with Gasteiger partial charge in [0.15, 0.2) is 0 Å². The third-order valence-corrected chi connectivity index (χ3v) is 6.62. The van der Waals surface area contributed by atoms with Crippen LogP contribution in [0.25, 0.3) is 0 Å². The molecule has 32 heavy (non-hydrogen) atoms. The Labute approximate surface area is 189 Å². The Morgan fingerprint density at radius 1 is 1.19 bits per heavy atom. The van der Waals surface area contributed by atoms with Crippen LogP contribution in [-0.4, -0.2) is 53.6 Å². The summed E-state index contributed by atoms with van der Waals surface area (Å²) in [6.07, 6.45) is 4.96. The van der Waals surface area contributed by atoms with Gasteiger partial charge in [0.1, 0.15) is 6.04 Å². The third-order valence-electron chi connectivity index (χ3n) is 6.62. The number of amides is 2. The van der Waals surface area contributed by atoms with Crippen molar-refractivity contribution < 1.29 is 24.2 Å². The number of hydrogen-bond acceptors (Lipinski definition) is 5. The number of aryl methyl sites for hydroxylation is 2. The number of esters is 1. The second-order valence-electron chi connectivity index (χ2n) is 8.70. The maximum absolute atomic E-state index is 13.5. The fourth-order valence-corrected chi connectivity index (χ4v) is 5.01. The Bertz CT molecular complexity index is 896. The van der Waals surface area contributed by atoms with Gasteiger partial charge in [-0.05, 0) is 56.7 Å². The normalized spacial score (nSPS) is 26.7. The first-order chi connectivity index (χ1) is 15.3. The lowest BCUT2D eigenvalue weighted by Gasteiger charge is -2.33. The zero-order valence-electron chi connectivity index (χ0n) is 19.3. The van der Waals surface area contributed by atoms with Gasteiger partial charge in [-0.2, -0.15) is 0 Å². The van der Waals surface area contributed by atoms with Crippen LogP contribution in [0.15, 0.2) is 30.4 Å². The van der Waals surface area contributed by atoms with Crippen molar-refractivity contribution in [2.24, 2.45) is 23.7 Å². The van der Waals surface area contributed by atoms with E-state index in [1.807, 2.05) is 51.1 Å². The highest BCUT2D eigenvalue weighted by Crippen LogP contribution is 2.45. The van der Waals surface area contributed by atoms with Gasteiger partial charge in [-0.15, -0.1) is 0 Å². The lowest BCUT2D eigenvalue weighted by Crippen LogP contribution is -2.45. The summed E-state index contributed by atoms with van der Waals surface area (Å²) in [5.74, 6) is -2.67. The van der Waals surface area contributed by atoms with E-state index in [9.17, 15) is 19.5 Å². The summed E-state index contributed by atoms with van der Waals surface area (Å²) in [6, 6.07) is 5.09. The molecule has 2 amide bonds. The van der Waals surface area contributed by atoms with Gasteiger partial charge in [0, 0.05) is 24.8 Å². The lowest BCUT2D eigenvalue weighted by molar-refractivity contribution is -0.155. The Balaban J connectivity index is 1.97. The molecule has 2 N–H and O–H groups in total. The molecule has 0 radical (unpaired) electrons. The van der Waals surface area contributed by atoms with E-state index in [1.165, 1.54) is 0 Å². The molecule has 7 nitrogen and oxygen atoms in total. The van der Waals surface area contributed by atoms with Gasteiger partial charge < -0.3 is 20.1 Å². The van der Waals surface area contributed by atoms with E-state index in [0.29, 0.717) is 18.5 Å². The maximum Gasteiger partial charge on any atom is 0.310 e. The molecule has 0 spiro atoms. The molecular formula is C25H34N2O5. The van der Waals surface area contributed by atoms with E-state index in [4.69, 9.17) is 4.74 Å². The summed E-state index contributed by atoms with van der Waals surface area (Å²) in [5.41, 5.74) is 2.66. The topological polar surface area (TPSA) is 95.9 Å². The summed E-state index contributed by atoms with van der Waals surface area (Å²) in [4.78, 5) is 41.4. The molecule has 1 heterocycles. The summed E-state index contributed by atoms with van der Waals surface area (Å²) in [5, 5.41) is 12.4. The highest BCUT2D eigenvalue weighted by molar-refractivity contribution is 6.02. The van der Waals surface area contributed by atoms with Crippen LogP contribution in [-0.2, 0) is 19.1 Å². The number of nitrogens with one attached hydrogen (secondary N) is 1. The third kappa shape index (κ3) is 4.58. The molecule has 1 aromatic rings. The Kier molecular flexibility index (Phi) is 7.72. The predicted octanol–water partition coefficient (Wildman–Crippen LogP) is 2.84. The first-order valence-electron chi connectivity index (χ1n) is 11.5. The lowest BCUT2D eigenvalue weighted by atomic mass is 9.69. The molecule has 3 rings (SSSR count). The van der Waals surface area contributed by atoms with Crippen LogP contribution < -0.4 is 5.32 Å². The van der Waals surface area contributed by atoms with Gasteiger partial charge in [0.2, 0.25) is 11.8 Å². The molecule has 1 aliphatic heterocycles. The van der Waals surface area contributed by atoms with Crippen molar-refractivity contribution in [2.45, 2.75) is 46.6 Å². The van der Waals surface area contributed by atoms with Crippen molar-refractivity contribution in [3.63, 3.8) is 0 Å². The van der Waals surface area contributed by atoms with Crippen LogP contribution in [0.2, 0.25) is 0 Å². The van der Waals surface area contributed by atoms with E-state index in [1.54, 1.807) is 11.8 Å². The smallest absolute Gasteiger partial charge is 0.310 e. The average Bonchev–Trinajstić information content (AvgIpc) is 3.05. The highest BCUT2D eigenvalue weighted by atomic mass is 16.5. The number of ether oxygens (including phenoxy) is 1. The number of aliphatic hydroxyl groups excluding tert-OH is 1. The molecule has 174 valence electrons. The second-order valence-corrected chi connectivity index (χ2v) is 8.70. The molecule has 7 heteroatoms. The number of allylic oxidation sites excluding steroid dienone is 1. The predicted molar refractivity (Wildman–Crippen MR) is 122 cm³/mol. The van der Waals surface area contributed by atoms with Gasteiger partial charge in [-0.25, -0.2) is 0 Å². The maximum atomic E-state index is 13.5. The van der Waals surface area contributed by atoms with Crippen molar-refractivity contribution in [2.75, 3.05) is 25.1 Å². The number of likely N-dealkylation sites (tertiary alicyclic amines) is 1. The standard InChI is InChI=1S/C25H34N2O5/c1-5-17-10-11-18-21(20(17)25(31)32-6-2)24(30)27(12-7-13-28)22(18)23(29)26-19-14-15(3)8-9-16(19)4/h8-11,14,17-18,20-22,28H,5-7,12-13H2,1-4H3,(H,26,29)/t17-,18+,20-,21-,22+/m1/s1. The van der Waals surface area contributed by atoms with Crippen LogP contribution in [0, 0.1) is 37.5 Å². The molecule has 2 aliphatic rings. The zero-order chi connectivity index (χ0) is 23.4. The minimum Gasteiger partial charge on any atom is -0.466 e. The number of benzene rings is 1. The number of aliphatic hydroxyl groups is 1. The number of carbonyl (C=O) groups is 3. The van der Waals surface area contributed by atoms with E-state index in [2.05, 4.69) is 5.32 Å². The number of nitrogens with zero attached hydrogens (tertiary/aromatic N) is 1. The van der Waals surface area contributed by atoms with Gasteiger partial charge in [-0.1, -0.05) is 31.2 Å². The largest absolute Gasteiger partial charge is 0.466 e. The Morgan fingerprint density at radius 3 is 2.59 bits per heavy atom. The Hall–Kier alpha value is -2.67. The first kappa shape index (κ1) is 24.0. The van der Waals surface area contributed by atoms with Crippen molar-refractivity contribution >= 4 is 23.5 Å². The number of rotatable bonds is 8. The van der Waals surface area contributed by atoms with Crippen molar-refractivity contribution in [3.05, 3.63) is 41.5 Å². The fraction of sp³-hybridized carbons (Fsp3) is 0.560. The van der Waals surface area contributed by atoms with Crippen molar-refractivity contribution in [1.29, 1.82) is 0 Å². The summed E-state index contributed by atoms with van der Waals surface area (Å²) >= 11 is 0. The Morgan fingerprint density at radius 2 is 1.94 bits per heavy atom. The molecule has 0 bridgehead atoms. The van der Waals surface area contributed by atoms with E-state index < -0.39 is 23.8 Å². The van der Waals surface area contributed by atoms with Crippen LogP contribution in [0.4, 0.5) is 5.69 Å². The van der Waals surface area contributed by atoms with Crippen LogP contribution >= 0.6 is 0 Å². The molecule has 1 saturated heterocycles. The molecule has 0 saturated carbocycles. The summed E-state index contributed by atoms with van der Waals surface area (Å²) in [7, 11) is 0. The minimum atomic E-state index is -0.745. The van der Waals surface area contributed by atoms with Gasteiger partial charge in [0.05, 0.1) is 18.4 Å². The summed E-state index contributed by atoms with van der Waals surface area (Å²) < 4.78 is 5.32. The zero-order valence-corrected chi connectivity index (χ0v) is 19.3. The fourth-order valence-electron chi connectivity index (χ4n) is 5.01. The highest BCUT2D eigenvalue weighted by Gasteiger charge is 2.57. The van der Waals surface area contributed by atoms with E-state index in [-0.39, 0.29) is 43.5 Å². The number of carbonyl (C=O) groups excluding carboxylic acids is 3. The van der Waals surface area contributed by atoms with Crippen LogP contribution in [0.5, 0.6) is 0 Å². The number of anilines is 1. The number of hydrogen-bond donors (Lipinski definition) is 2. The van der Waals surface area contributed by atoms with E-state index in [0.717, 1.165) is 11.1 Å². The molecule has 1 aliphatic carbocycles.